The van der Waals surface area contributed by atoms with Crippen LogP contribution in [0.4, 0.5) is 5.69 Å². The first-order valence-electron chi connectivity index (χ1n) is 12.2. The topological polar surface area (TPSA) is 87.3 Å². The van der Waals surface area contributed by atoms with Gasteiger partial charge < -0.3 is 19.9 Å². The largest absolute Gasteiger partial charge is 0.459 e. The van der Waals surface area contributed by atoms with Crippen LogP contribution in [0.5, 0.6) is 0 Å². The van der Waals surface area contributed by atoms with Gasteiger partial charge in [0.2, 0.25) is 5.91 Å². The summed E-state index contributed by atoms with van der Waals surface area (Å²) < 4.78 is 5.41. The molecular weight excluding hydrogens is 464 g/mol. The predicted molar refractivity (Wildman–Crippen MR) is 148 cm³/mol. The lowest BCUT2D eigenvalue weighted by molar-refractivity contribution is -0.111. The van der Waals surface area contributed by atoms with Gasteiger partial charge in [-0.3, -0.25) is 4.79 Å². The van der Waals surface area contributed by atoms with Crippen molar-refractivity contribution >= 4 is 28.6 Å². The molecule has 2 aromatic carbocycles. The van der Waals surface area contributed by atoms with Crippen LogP contribution < -0.4 is 5.32 Å². The number of aromatic nitrogens is 2. The number of anilines is 1. The van der Waals surface area contributed by atoms with Crippen molar-refractivity contribution in [2.24, 2.45) is 0 Å². The fourth-order valence-corrected chi connectivity index (χ4v) is 4.22. The third-order valence-corrected chi connectivity index (χ3v) is 5.94. The fourth-order valence-electron chi connectivity index (χ4n) is 4.22. The number of esters is 1. The maximum atomic E-state index is 12.7. The average Bonchev–Trinajstić information content (AvgIpc) is 3.23. The van der Waals surface area contributed by atoms with Gasteiger partial charge in [0.25, 0.3) is 0 Å². The quantitative estimate of drug-likeness (QED) is 0.232. The van der Waals surface area contributed by atoms with Gasteiger partial charge in [-0.1, -0.05) is 43.0 Å². The second-order valence-corrected chi connectivity index (χ2v) is 9.61. The van der Waals surface area contributed by atoms with Gasteiger partial charge in [0.1, 0.15) is 5.65 Å². The highest BCUT2D eigenvalue weighted by atomic mass is 16.5. The minimum absolute atomic E-state index is 0.238. The number of fused-ring (bicyclic) bond motifs is 1. The van der Waals surface area contributed by atoms with E-state index in [9.17, 15) is 9.59 Å². The minimum atomic E-state index is -0.422. The number of H-pyrrole nitrogens is 1. The smallest absolute Gasteiger partial charge is 0.339 e. The molecule has 37 heavy (non-hydrogen) atoms. The van der Waals surface area contributed by atoms with Crippen LogP contribution in [0, 0.1) is 6.92 Å². The van der Waals surface area contributed by atoms with Gasteiger partial charge in [0.05, 0.1) is 17.4 Å². The Hall–Kier alpha value is -4.23. The molecule has 0 unspecified atom stereocenters. The van der Waals surface area contributed by atoms with E-state index in [1.165, 1.54) is 17.8 Å². The summed E-state index contributed by atoms with van der Waals surface area (Å²) in [6.45, 7) is 9.96. The van der Waals surface area contributed by atoms with Crippen molar-refractivity contribution in [1.82, 2.24) is 14.9 Å². The zero-order chi connectivity index (χ0) is 26.7. The normalized spacial score (nSPS) is 11.2. The van der Waals surface area contributed by atoms with Crippen molar-refractivity contribution in [2.75, 3.05) is 19.4 Å². The van der Waals surface area contributed by atoms with E-state index in [4.69, 9.17) is 4.74 Å². The second-order valence-electron chi connectivity index (χ2n) is 9.61. The molecule has 7 heteroatoms. The molecular formula is C30H32N4O3. The molecule has 2 heterocycles. The van der Waals surface area contributed by atoms with E-state index in [-0.39, 0.29) is 12.0 Å². The summed E-state index contributed by atoms with van der Waals surface area (Å²) >= 11 is 0. The Morgan fingerprint density at radius 3 is 2.46 bits per heavy atom. The van der Waals surface area contributed by atoms with Gasteiger partial charge >= 0.3 is 5.97 Å². The summed E-state index contributed by atoms with van der Waals surface area (Å²) in [6.07, 6.45) is 2.54. The van der Waals surface area contributed by atoms with E-state index in [1.807, 2.05) is 59.1 Å². The highest BCUT2D eigenvalue weighted by Crippen LogP contribution is 2.39. The van der Waals surface area contributed by atoms with Crippen LogP contribution in [0.1, 0.15) is 35.3 Å². The number of hydrogen-bond acceptors (Lipinski definition) is 5. The van der Waals surface area contributed by atoms with Crippen molar-refractivity contribution in [3.05, 3.63) is 84.1 Å². The van der Waals surface area contributed by atoms with E-state index in [0.717, 1.165) is 39.9 Å². The zero-order valence-electron chi connectivity index (χ0n) is 21.9. The van der Waals surface area contributed by atoms with Crippen LogP contribution in [0.3, 0.4) is 0 Å². The molecule has 0 saturated carbocycles. The van der Waals surface area contributed by atoms with Crippen LogP contribution >= 0.6 is 0 Å². The standard InChI is InChI=1S/C30H32N4O3/c1-7-26(35)32-25-15-22(11-8-19(25)4)27-24-14-23(30(36)37-18(2)3)16-31-29(24)33-28(27)21-12-9-20(10-13-21)17-34(5)6/h7-16,18H,1,17H2,2-6H3,(H,31,33)(H,32,35). The molecule has 2 aromatic heterocycles. The Balaban J connectivity index is 1.91. The SMILES string of the molecule is C=CC(=O)Nc1cc(-c2c(-c3ccc(CN(C)C)cc3)[nH]c3ncc(C(=O)OC(C)C)cc23)ccc1C. The third kappa shape index (κ3) is 5.78. The monoisotopic (exact) mass is 496 g/mol. The Labute approximate surface area is 217 Å². The minimum Gasteiger partial charge on any atom is -0.459 e. The van der Waals surface area contributed by atoms with Gasteiger partial charge in [-0.25, -0.2) is 9.78 Å². The molecule has 2 N–H and O–H groups in total. The van der Waals surface area contributed by atoms with Gasteiger partial charge in [-0.2, -0.15) is 0 Å². The predicted octanol–water partition coefficient (Wildman–Crippen LogP) is 5.96. The lowest BCUT2D eigenvalue weighted by Crippen LogP contribution is -2.11. The average molecular weight is 497 g/mol. The van der Waals surface area contributed by atoms with Crippen molar-refractivity contribution in [2.45, 2.75) is 33.4 Å². The van der Waals surface area contributed by atoms with E-state index in [2.05, 4.69) is 51.0 Å². The molecule has 0 saturated heterocycles. The highest BCUT2D eigenvalue weighted by molar-refractivity contribution is 6.06. The molecule has 1 amide bonds. The van der Waals surface area contributed by atoms with E-state index >= 15 is 0 Å². The second kappa shape index (κ2) is 10.8. The number of pyridine rings is 1. The fraction of sp³-hybridized carbons (Fsp3) is 0.233. The molecule has 7 nitrogen and oxygen atoms in total. The number of carbonyl (C=O) groups excluding carboxylic acids is 2. The van der Waals surface area contributed by atoms with Crippen molar-refractivity contribution in [1.29, 1.82) is 0 Å². The van der Waals surface area contributed by atoms with Crippen LogP contribution in [-0.2, 0) is 16.1 Å². The van der Waals surface area contributed by atoms with Crippen LogP contribution in [0.15, 0.2) is 67.4 Å². The number of carbonyl (C=O) groups is 2. The number of ether oxygens (including phenoxy) is 1. The van der Waals surface area contributed by atoms with Gasteiger partial charge in [-0.15, -0.1) is 0 Å². The number of aryl methyl sites for hydroxylation is 1. The molecule has 4 rings (SSSR count). The Morgan fingerprint density at radius 1 is 1.11 bits per heavy atom. The van der Waals surface area contributed by atoms with Gasteiger partial charge in [0.15, 0.2) is 0 Å². The van der Waals surface area contributed by atoms with Crippen LogP contribution in [-0.4, -0.2) is 46.9 Å². The Morgan fingerprint density at radius 2 is 1.81 bits per heavy atom. The summed E-state index contributed by atoms with van der Waals surface area (Å²) in [5.41, 5.74) is 7.46. The summed E-state index contributed by atoms with van der Waals surface area (Å²) in [5, 5.41) is 3.67. The number of aromatic amines is 1. The van der Waals surface area contributed by atoms with Gasteiger partial charge in [0, 0.05) is 29.4 Å². The third-order valence-electron chi connectivity index (χ3n) is 5.94. The summed E-state index contributed by atoms with van der Waals surface area (Å²) in [5.74, 6) is -0.703. The maximum Gasteiger partial charge on any atom is 0.339 e. The molecule has 0 spiro atoms. The number of benzene rings is 2. The van der Waals surface area contributed by atoms with Crippen molar-refractivity contribution in [3.8, 4) is 22.4 Å². The van der Waals surface area contributed by atoms with E-state index < -0.39 is 5.97 Å². The lowest BCUT2D eigenvalue weighted by Gasteiger charge is -2.13. The molecule has 0 atom stereocenters. The van der Waals surface area contributed by atoms with Crippen molar-refractivity contribution < 1.29 is 14.3 Å². The molecule has 0 aliphatic rings. The molecule has 0 aliphatic heterocycles. The summed E-state index contributed by atoms with van der Waals surface area (Å²) in [4.78, 5) is 34.8. The molecule has 0 bridgehead atoms. The zero-order valence-corrected chi connectivity index (χ0v) is 21.9. The maximum absolute atomic E-state index is 12.7. The number of nitrogens with zero attached hydrogens (tertiary/aromatic N) is 2. The number of nitrogens with one attached hydrogen (secondary N) is 2. The lowest BCUT2D eigenvalue weighted by atomic mass is 9.96. The van der Waals surface area contributed by atoms with Crippen LogP contribution in [0.25, 0.3) is 33.4 Å². The number of rotatable bonds is 8. The number of hydrogen-bond donors (Lipinski definition) is 2. The first-order valence-corrected chi connectivity index (χ1v) is 12.2. The van der Waals surface area contributed by atoms with E-state index in [0.29, 0.717) is 16.9 Å². The van der Waals surface area contributed by atoms with Gasteiger partial charge in [-0.05, 0) is 75.3 Å². The highest BCUT2D eigenvalue weighted by Gasteiger charge is 2.20. The molecule has 4 aromatic rings. The van der Waals surface area contributed by atoms with E-state index in [1.54, 1.807) is 0 Å². The molecule has 0 radical (unpaired) electrons. The molecule has 0 fully saturated rings. The summed E-state index contributed by atoms with van der Waals surface area (Å²) in [7, 11) is 4.08. The Bertz CT molecular complexity index is 1470. The molecule has 0 aliphatic carbocycles. The first kappa shape index (κ1) is 25.9. The Kier molecular flexibility index (Phi) is 7.55. The first-order chi connectivity index (χ1) is 17.7. The van der Waals surface area contributed by atoms with Crippen LogP contribution in [0.2, 0.25) is 0 Å². The van der Waals surface area contributed by atoms with Crippen molar-refractivity contribution in [3.63, 3.8) is 0 Å². The summed E-state index contributed by atoms with van der Waals surface area (Å²) in [6, 6.07) is 16.1. The molecule has 190 valence electrons. The number of amides is 1.